The summed E-state index contributed by atoms with van der Waals surface area (Å²) < 4.78 is 2.14. The molecule has 168 valence electrons. The van der Waals surface area contributed by atoms with Crippen LogP contribution in [0, 0.1) is 24.0 Å². The van der Waals surface area contributed by atoms with E-state index in [-0.39, 0.29) is 11.6 Å². The van der Waals surface area contributed by atoms with E-state index in [9.17, 15) is 14.9 Å². The first-order valence-corrected chi connectivity index (χ1v) is 11.6. The highest BCUT2D eigenvalue weighted by atomic mass is 32.2. The molecule has 1 N–H and O–H groups in total. The minimum atomic E-state index is -0.401. The number of hydrogen-bond donors (Lipinski definition) is 1. The molecular formula is C24H22N4O3S2. The Morgan fingerprint density at radius 3 is 2.24 bits per heavy atom. The number of benzene rings is 2. The number of likely N-dealkylation sites (N-methyl/N-ethyl adjacent to an activating group) is 1. The van der Waals surface area contributed by atoms with Crippen LogP contribution in [0.2, 0.25) is 0 Å². The van der Waals surface area contributed by atoms with E-state index in [1.54, 1.807) is 28.8 Å². The van der Waals surface area contributed by atoms with E-state index < -0.39 is 4.92 Å². The number of nitrogens with zero attached hydrogens (tertiary/aromatic N) is 3. The standard InChI is InChI=1S/C24H22N4O3S2/c1-4-26-23(29)22(25-24(26)32)14-17-13-15(2)27(16(17)3)18-5-9-20(10-6-18)33-21-11-7-19(8-12-21)28(30)31/h5-14H,4H2,1-3H3,(H,25,32)/b22-14-. The fourth-order valence-corrected chi connectivity index (χ4v) is 4.92. The summed E-state index contributed by atoms with van der Waals surface area (Å²) >= 11 is 6.79. The van der Waals surface area contributed by atoms with Crippen molar-refractivity contribution in [2.45, 2.75) is 30.6 Å². The third-order valence-electron chi connectivity index (χ3n) is 5.43. The zero-order valence-corrected chi connectivity index (χ0v) is 20.0. The van der Waals surface area contributed by atoms with Crippen molar-refractivity contribution in [1.82, 2.24) is 14.8 Å². The number of carbonyl (C=O) groups excluding carboxylic acids is 1. The lowest BCUT2D eigenvalue weighted by molar-refractivity contribution is -0.384. The monoisotopic (exact) mass is 478 g/mol. The lowest BCUT2D eigenvalue weighted by Gasteiger charge is -2.11. The zero-order valence-electron chi connectivity index (χ0n) is 18.4. The molecule has 1 saturated heterocycles. The van der Waals surface area contributed by atoms with Crippen molar-refractivity contribution < 1.29 is 9.72 Å². The molecule has 2 aromatic carbocycles. The lowest BCUT2D eigenvalue weighted by Crippen LogP contribution is -2.30. The molecule has 1 amide bonds. The largest absolute Gasteiger partial charge is 0.328 e. The summed E-state index contributed by atoms with van der Waals surface area (Å²) in [4.78, 5) is 26.5. The van der Waals surface area contributed by atoms with Crippen LogP contribution in [-0.4, -0.2) is 32.0 Å². The number of amides is 1. The molecule has 3 aromatic rings. The number of nitrogens with one attached hydrogen (secondary N) is 1. The molecule has 0 atom stereocenters. The Hall–Kier alpha value is -3.43. The highest BCUT2D eigenvalue weighted by Crippen LogP contribution is 2.31. The van der Waals surface area contributed by atoms with E-state index in [2.05, 4.69) is 16.0 Å². The molecule has 1 fully saturated rings. The Kier molecular flexibility index (Phi) is 6.35. The predicted molar refractivity (Wildman–Crippen MR) is 134 cm³/mol. The first-order valence-electron chi connectivity index (χ1n) is 10.3. The third kappa shape index (κ3) is 4.55. The van der Waals surface area contributed by atoms with Crippen molar-refractivity contribution >= 4 is 46.8 Å². The number of rotatable bonds is 6. The van der Waals surface area contributed by atoms with Crippen molar-refractivity contribution in [3.8, 4) is 5.69 Å². The normalized spacial score (nSPS) is 14.8. The van der Waals surface area contributed by atoms with Crippen LogP contribution in [0.5, 0.6) is 0 Å². The van der Waals surface area contributed by atoms with Gasteiger partial charge in [-0.05, 0) is 87.1 Å². The van der Waals surface area contributed by atoms with Gasteiger partial charge in [0.2, 0.25) is 0 Å². The second-order valence-corrected chi connectivity index (χ2v) is 9.08. The highest BCUT2D eigenvalue weighted by molar-refractivity contribution is 7.99. The number of non-ortho nitro benzene ring substituents is 1. The van der Waals surface area contributed by atoms with E-state index in [4.69, 9.17) is 12.2 Å². The maximum Gasteiger partial charge on any atom is 0.276 e. The average molecular weight is 479 g/mol. The van der Waals surface area contributed by atoms with Gasteiger partial charge in [-0.25, -0.2) is 0 Å². The number of thiocarbonyl (C=S) groups is 1. The summed E-state index contributed by atoms with van der Waals surface area (Å²) in [5, 5.41) is 14.3. The highest BCUT2D eigenvalue weighted by Gasteiger charge is 2.29. The number of aryl methyl sites for hydroxylation is 1. The van der Waals surface area contributed by atoms with Gasteiger partial charge < -0.3 is 9.88 Å². The smallest absolute Gasteiger partial charge is 0.276 e. The van der Waals surface area contributed by atoms with Crippen molar-refractivity contribution in [1.29, 1.82) is 0 Å². The fourth-order valence-electron chi connectivity index (χ4n) is 3.78. The molecule has 0 unspecified atom stereocenters. The molecule has 7 nitrogen and oxygen atoms in total. The third-order valence-corrected chi connectivity index (χ3v) is 6.77. The summed E-state index contributed by atoms with van der Waals surface area (Å²) in [6, 6.07) is 16.7. The summed E-state index contributed by atoms with van der Waals surface area (Å²) in [6.45, 7) is 6.48. The molecule has 1 aliphatic rings. The molecule has 4 rings (SSSR count). The van der Waals surface area contributed by atoms with Gasteiger partial charge in [-0.3, -0.25) is 19.8 Å². The molecule has 1 aliphatic heterocycles. The number of aromatic nitrogens is 1. The molecule has 33 heavy (non-hydrogen) atoms. The van der Waals surface area contributed by atoms with E-state index in [0.717, 1.165) is 32.4 Å². The Morgan fingerprint density at radius 2 is 1.70 bits per heavy atom. The number of carbonyl (C=O) groups is 1. The van der Waals surface area contributed by atoms with Gasteiger partial charge in [0.1, 0.15) is 5.70 Å². The number of hydrogen-bond acceptors (Lipinski definition) is 5. The van der Waals surface area contributed by atoms with Crippen LogP contribution in [0.25, 0.3) is 11.8 Å². The molecule has 0 radical (unpaired) electrons. The molecule has 9 heteroatoms. The van der Waals surface area contributed by atoms with Gasteiger partial charge in [-0.2, -0.15) is 0 Å². The van der Waals surface area contributed by atoms with Crippen LogP contribution in [0.1, 0.15) is 23.9 Å². The zero-order chi connectivity index (χ0) is 23.7. The molecule has 0 spiro atoms. The summed E-state index contributed by atoms with van der Waals surface area (Å²) in [5.74, 6) is -0.111. The van der Waals surface area contributed by atoms with E-state index in [1.165, 1.54) is 12.1 Å². The van der Waals surface area contributed by atoms with Crippen LogP contribution in [0.4, 0.5) is 5.69 Å². The van der Waals surface area contributed by atoms with Crippen molar-refractivity contribution in [2.24, 2.45) is 0 Å². The lowest BCUT2D eigenvalue weighted by atomic mass is 10.2. The van der Waals surface area contributed by atoms with Crippen LogP contribution in [-0.2, 0) is 4.79 Å². The Labute approximate surface area is 201 Å². The molecule has 0 aliphatic carbocycles. The quantitative estimate of drug-likeness (QED) is 0.226. The molecular weight excluding hydrogens is 456 g/mol. The first kappa shape index (κ1) is 22.8. The van der Waals surface area contributed by atoms with Gasteiger partial charge in [0.05, 0.1) is 4.92 Å². The molecule has 2 heterocycles. The van der Waals surface area contributed by atoms with Gasteiger partial charge in [-0.1, -0.05) is 11.8 Å². The van der Waals surface area contributed by atoms with Gasteiger partial charge in [0, 0.05) is 45.5 Å². The van der Waals surface area contributed by atoms with Gasteiger partial charge in [-0.15, -0.1) is 0 Å². The SMILES string of the molecule is CCN1C(=O)/C(=C/c2cc(C)n(-c3ccc(Sc4ccc([N+](=O)[O-])cc4)cc3)c2C)NC1=S. The summed E-state index contributed by atoms with van der Waals surface area (Å²) in [6.07, 6.45) is 1.85. The predicted octanol–water partition coefficient (Wildman–Crippen LogP) is 5.23. The van der Waals surface area contributed by atoms with Crippen molar-refractivity contribution in [2.75, 3.05) is 6.54 Å². The minimum Gasteiger partial charge on any atom is -0.328 e. The van der Waals surface area contributed by atoms with E-state index >= 15 is 0 Å². The van der Waals surface area contributed by atoms with Gasteiger partial charge in [0.25, 0.3) is 11.6 Å². The van der Waals surface area contributed by atoms with E-state index in [1.807, 2.05) is 51.1 Å². The van der Waals surface area contributed by atoms with Crippen LogP contribution in [0.15, 0.2) is 70.1 Å². The topological polar surface area (TPSA) is 80.4 Å². The van der Waals surface area contributed by atoms with Crippen LogP contribution in [0.3, 0.4) is 0 Å². The Morgan fingerprint density at radius 1 is 1.09 bits per heavy atom. The van der Waals surface area contributed by atoms with Crippen molar-refractivity contribution in [3.05, 3.63) is 87.4 Å². The molecule has 0 saturated carbocycles. The second-order valence-electron chi connectivity index (χ2n) is 7.55. The molecule has 0 bridgehead atoms. The van der Waals surface area contributed by atoms with Crippen LogP contribution < -0.4 is 5.32 Å². The average Bonchev–Trinajstić information content (AvgIpc) is 3.22. The number of nitro benzene ring substituents is 1. The van der Waals surface area contributed by atoms with Crippen LogP contribution >= 0.6 is 24.0 Å². The van der Waals surface area contributed by atoms with E-state index in [0.29, 0.717) is 17.4 Å². The maximum absolute atomic E-state index is 12.5. The van der Waals surface area contributed by atoms with Crippen molar-refractivity contribution in [3.63, 3.8) is 0 Å². The fraction of sp³-hybridized carbons (Fsp3) is 0.167. The molecule has 1 aromatic heterocycles. The van der Waals surface area contributed by atoms with Gasteiger partial charge in [0.15, 0.2) is 5.11 Å². The maximum atomic E-state index is 12.5. The first-order chi connectivity index (χ1) is 15.8. The Bertz CT molecular complexity index is 1280. The number of nitro groups is 1. The summed E-state index contributed by atoms with van der Waals surface area (Å²) in [7, 11) is 0. The minimum absolute atomic E-state index is 0.0813. The summed E-state index contributed by atoms with van der Waals surface area (Å²) in [5.41, 5.74) is 4.60. The second kappa shape index (κ2) is 9.21. The Balaban J connectivity index is 1.56. The van der Waals surface area contributed by atoms with Gasteiger partial charge >= 0.3 is 0 Å².